The van der Waals surface area contributed by atoms with Crippen molar-refractivity contribution in [2.24, 2.45) is 17.8 Å². The second kappa shape index (κ2) is 6.07. The third-order valence-corrected chi connectivity index (χ3v) is 5.68. The quantitative estimate of drug-likeness (QED) is 0.868. The average Bonchev–Trinajstić information content (AvgIpc) is 3.05. The van der Waals surface area contributed by atoms with E-state index in [2.05, 4.69) is 28.2 Å². The third kappa shape index (κ3) is 3.31. The molecule has 2 saturated carbocycles. The molecule has 0 heterocycles. The molecule has 0 saturated heterocycles. The molecule has 1 aromatic rings. The molecule has 2 aliphatic carbocycles. The standard InChI is InChI=1S/C17H21BrFNO/c1-10(15-7-11-2-3-12(15)6-11)20-17(21)9-13-8-14(18)4-5-16(13)19/h4-5,8,10-12,15H,2-3,6-7,9H2,1H3,(H,20,21). The third-order valence-electron chi connectivity index (χ3n) is 5.18. The zero-order chi connectivity index (χ0) is 15.0. The highest BCUT2D eigenvalue weighted by molar-refractivity contribution is 9.10. The van der Waals surface area contributed by atoms with Crippen molar-refractivity contribution < 1.29 is 9.18 Å². The summed E-state index contributed by atoms with van der Waals surface area (Å²) in [6.07, 6.45) is 5.37. The molecule has 4 unspecified atom stereocenters. The van der Waals surface area contributed by atoms with Crippen LogP contribution in [-0.2, 0) is 11.2 Å². The monoisotopic (exact) mass is 353 g/mol. The van der Waals surface area contributed by atoms with Gasteiger partial charge in [0.15, 0.2) is 0 Å². The normalized spacial score (nSPS) is 28.6. The Kier molecular flexibility index (Phi) is 4.34. The topological polar surface area (TPSA) is 29.1 Å². The molecule has 0 aliphatic heterocycles. The summed E-state index contributed by atoms with van der Waals surface area (Å²) in [5.41, 5.74) is 0.446. The van der Waals surface area contributed by atoms with E-state index in [1.54, 1.807) is 12.1 Å². The molecular weight excluding hydrogens is 333 g/mol. The number of amides is 1. The molecule has 2 fully saturated rings. The zero-order valence-corrected chi connectivity index (χ0v) is 13.8. The van der Waals surface area contributed by atoms with Gasteiger partial charge >= 0.3 is 0 Å². The number of rotatable bonds is 4. The van der Waals surface area contributed by atoms with E-state index in [-0.39, 0.29) is 24.2 Å². The minimum absolute atomic E-state index is 0.0812. The average molecular weight is 354 g/mol. The van der Waals surface area contributed by atoms with Crippen LogP contribution < -0.4 is 5.32 Å². The highest BCUT2D eigenvalue weighted by atomic mass is 79.9. The van der Waals surface area contributed by atoms with Gasteiger partial charge in [0.25, 0.3) is 0 Å². The van der Waals surface area contributed by atoms with Crippen molar-refractivity contribution in [2.45, 2.75) is 45.1 Å². The fraction of sp³-hybridized carbons (Fsp3) is 0.588. The highest BCUT2D eigenvalue weighted by Crippen LogP contribution is 2.49. The van der Waals surface area contributed by atoms with Crippen molar-refractivity contribution in [2.75, 3.05) is 0 Å². The Hall–Kier alpha value is -0.900. The second-order valence-electron chi connectivity index (χ2n) is 6.61. The Morgan fingerprint density at radius 1 is 1.43 bits per heavy atom. The maximum atomic E-state index is 13.7. The molecule has 0 spiro atoms. The first kappa shape index (κ1) is 15.0. The molecule has 114 valence electrons. The van der Waals surface area contributed by atoms with Crippen molar-refractivity contribution in [1.29, 1.82) is 0 Å². The van der Waals surface area contributed by atoms with Gasteiger partial charge in [-0.1, -0.05) is 22.4 Å². The lowest BCUT2D eigenvalue weighted by atomic mass is 9.84. The van der Waals surface area contributed by atoms with Crippen LogP contribution in [0.2, 0.25) is 0 Å². The molecule has 1 N–H and O–H groups in total. The maximum Gasteiger partial charge on any atom is 0.224 e. The van der Waals surface area contributed by atoms with Crippen LogP contribution in [-0.4, -0.2) is 11.9 Å². The van der Waals surface area contributed by atoms with Gasteiger partial charge in [-0.15, -0.1) is 0 Å². The number of hydrogen-bond acceptors (Lipinski definition) is 1. The number of hydrogen-bond donors (Lipinski definition) is 1. The van der Waals surface area contributed by atoms with Crippen LogP contribution in [0.5, 0.6) is 0 Å². The highest BCUT2D eigenvalue weighted by Gasteiger charge is 2.42. The molecule has 2 nitrogen and oxygen atoms in total. The second-order valence-corrected chi connectivity index (χ2v) is 7.52. The summed E-state index contributed by atoms with van der Waals surface area (Å²) < 4.78 is 14.5. The van der Waals surface area contributed by atoms with Gasteiger partial charge in [-0.05, 0) is 67.7 Å². The number of benzene rings is 1. The molecule has 1 amide bonds. The van der Waals surface area contributed by atoms with Gasteiger partial charge in [0.2, 0.25) is 5.91 Å². The first-order chi connectivity index (χ1) is 10.0. The van der Waals surface area contributed by atoms with Gasteiger partial charge < -0.3 is 5.32 Å². The summed E-state index contributed by atoms with van der Waals surface area (Å²) in [5, 5.41) is 3.08. The number of carbonyl (C=O) groups is 1. The number of carbonyl (C=O) groups excluding carboxylic acids is 1. The summed E-state index contributed by atoms with van der Waals surface area (Å²) in [6.45, 7) is 2.10. The van der Waals surface area contributed by atoms with E-state index < -0.39 is 0 Å². The summed E-state index contributed by atoms with van der Waals surface area (Å²) in [6, 6.07) is 4.92. The number of halogens is 2. The SMILES string of the molecule is CC(NC(=O)Cc1cc(Br)ccc1F)C1CC2CCC1C2. The smallest absolute Gasteiger partial charge is 0.224 e. The number of nitrogens with one attached hydrogen (secondary N) is 1. The van der Waals surface area contributed by atoms with Crippen LogP contribution in [0, 0.1) is 23.6 Å². The lowest BCUT2D eigenvalue weighted by Crippen LogP contribution is -2.40. The van der Waals surface area contributed by atoms with Crippen molar-refractivity contribution in [3.63, 3.8) is 0 Å². The van der Waals surface area contributed by atoms with Gasteiger partial charge in [-0.25, -0.2) is 4.39 Å². The fourth-order valence-corrected chi connectivity index (χ4v) is 4.58. The maximum absolute atomic E-state index is 13.7. The van der Waals surface area contributed by atoms with E-state index in [1.807, 2.05) is 0 Å². The summed E-state index contributed by atoms with van der Waals surface area (Å²) >= 11 is 3.31. The van der Waals surface area contributed by atoms with Gasteiger partial charge in [0, 0.05) is 10.5 Å². The van der Waals surface area contributed by atoms with E-state index in [4.69, 9.17) is 0 Å². The molecule has 4 heteroatoms. The van der Waals surface area contributed by atoms with Crippen LogP contribution in [0.4, 0.5) is 4.39 Å². The summed E-state index contributed by atoms with van der Waals surface area (Å²) in [7, 11) is 0. The van der Waals surface area contributed by atoms with Crippen LogP contribution >= 0.6 is 15.9 Å². The molecule has 0 radical (unpaired) electrons. The minimum Gasteiger partial charge on any atom is -0.353 e. The van der Waals surface area contributed by atoms with Crippen LogP contribution in [0.25, 0.3) is 0 Å². The number of fused-ring (bicyclic) bond motifs is 2. The van der Waals surface area contributed by atoms with Crippen LogP contribution in [0.15, 0.2) is 22.7 Å². The van der Waals surface area contributed by atoms with Gasteiger partial charge in [0.1, 0.15) is 5.82 Å². The van der Waals surface area contributed by atoms with Gasteiger partial charge in [-0.2, -0.15) is 0 Å². The molecule has 2 bridgehead atoms. The lowest BCUT2D eigenvalue weighted by Gasteiger charge is -2.28. The van der Waals surface area contributed by atoms with Gasteiger partial charge in [0.05, 0.1) is 6.42 Å². The molecule has 21 heavy (non-hydrogen) atoms. The Morgan fingerprint density at radius 3 is 2.90 bits per heavy atom. The molecule has 1 aromatic carbocycles. The molecule has 4 atom stereocenters. The Morgan fingerprint density at radius 2 is 2.24 bits per heavy atom. The van der Waals surface area contributed by atoms with E-state index in [0.29, 0.717) is 11.5 Å². The van der Waals surface area contributed by atoms with E-state index in [1.165, 1.54) is 31.7 Å². The van der Waals surface area contributed by atoms with Crippen LogP contribution in [0.1, 0.15) is 38.2 Å². The lowest BCUT2D eigenvalue weighted by molar-refractivity contribution is -0.121. The van der Waals surface area contributed by atoms with Gasteiger partial charge in [-0.3, -0.25) is 4.79 Å². The summed E-state index contributed by atoms with van der Waals surface area (Å²) in [4.78, 5) is 12.2. The van der Waals surface area contributed by atoms with Crippen molar-refractivity contribution in [3.05, 3.63) is 34.1 Å². The summed E-state index contributed by atoms with van der Waals surface area (Å²) in [5.74, 6) is 1.87. The Labute approximate surface area is 133 Å². The molecule has 2 aliphatic rings. The fourth-order valence-electron chi connectivity index (χ4n) is 4.17. The molecular formula is C17H21BrFNO. The Bertz CT molecular complexity index is 548. The minimum atomic E-state index is -0.319. The van der Waals surface area contributed by atoms with E-state index in [0.717, 1.165) is 16.3 Å². The van der Waals surface area contributed by atoms with Crippen molar-refractivity contribution in [3.8, 4) is 0 Å². The first-order valence-corrected chi connectivity index (χ1v) is 8.55. The largest absolute Gasteiger partial charge is 0.353 e. The Balaban J connectivity index is 1.57. The molecule has 3 rings (SSSR count). The predicted octanol–water partition coefficient (Wildman–Crippen LogP) is 4.07. The van der Waals surface area contributed by atoms with Crippen molar-refractivity contribution >= 4 is 21.8 Å². The zero-order valence-electron chi connectivity index (χ0n) is 12.2. The first-order valence-electron chi connectivity index (χ1n) is 7.76. The molecule has 0 aromatic heterocycles. The predicted molar refractivity (Wildman–Crippen MR) is 84.3 cm³/mol. The van der Waals surface area contributed by atoms with E-state index >= 15 is 0 Å². The van der Waals surface area contributed by atoms with Crippen LogP contribution in [0.3, 0.4) is 0 Å². The van der Waals surface area contributed by atoms with Crippen molar-refractivity contribution in [1.82, 2.24) is 5.32 Å². The van der Waals surface area contributed by atoms with E-state index in [9.17, 15) is 9.18 Å².